The van der Waals surface area contributed by atoms with Crippen molar-refractivity contribution in [3.05, 3.63) is 36.5 Å². The van der Waals surface area contributed by atoms with Crippen molar-refractivity contribution >= 4 is 10.9 Å². The number of ether oxygens (including phenoxy) is 1. The van der Waals surface area contributed by atoms with Gasteiger partial charge in [-0.2, -0.15) is 0 Å². The standard InChI is InChI=1S/C14H16N2O/c1-2-6-14-11(4-1)8-13(9-16-14)17-10-12-5-3-7-15-12/h1-2,4,6,8-9,12,15H,3,5,7,10H2. The van der Waals surface area contributed by atoms with Gasteiger partial charge in [0.25, 0.3) is 0 Å². The second kappa shape index (κ2) is 4.72. The fraction of sp³-hybridized carbons (Fsp3) is 0.357. The fourth-order valence-electron chi connectivity index (χ4n) is 2.23. The van der Waals surface area contributed by atoms with Gasteiger partial charge in [-0.3, -0.25) is 4.98 Å². The maximum absolute atomic E-state index is 5.77. The van der Waals surface area contributed by atoms with Crippen molar-refractivity contribution in [3.8, 4) is 5.75 Å². The minimum Gasteiger partial charge on any atom is -0.490 e. The van der Waals surface area contributed by atoms with E-state index in [1.807, 2.05) is 18.2 Å². The Morgan fingerprint density at radius 3 is 3.18 bits per heavy atom. The molecule has 88 valence electrons. The first-order valence-corrected chi connectivity index (χ1v) is 6.13. The average molecular weight is 228 g/mol. The predicted octanol–water partition coefficient (Wildman–Crippen LogP) is 2.37. The Labute approximate surface area is 101 Å². The van der Waals surface area contributed by atoms with Crippen LogP contribution in [0.25, 0.3) is 10.9 Å². The topological polar surface area (TPSA) is 34.1 Å². The van der Waals surface area contributed by atoms with Gasteiger partial charge in [-0.05, 0) is 31.5 Å². The highest BCUT2D eigenvalue weighted by atomic mass is 16.5. The predicted molar refractivity (Wildman–Crippen MR) is 68.3 cm³/mol. The Bertz CT molecular complexity index is 506. The molecule has 0 amide bonds. The molecule has 3 rings (SSSR count). The monoisotopic (exact) mass is 228 g/mol. The molecule has 17 heavy (non-hydrogen) atoms. The van der Waals surface area contributed by atoms with Crippen LogP contribution in [0.3, 0.4) is 0 Å². The lowest BCUT2D eigenvalue weighted by Crippen LogP contribution is -2.28. The molecule has 1 aliphatic rings. The van der Waals surface area contributed by atoms with Crippen LogP contribution < -0.4 is 10.1 Å². The Kier molecular flexibility index (Phi) is 2.92. The summed E-state index contributed by atoms with van der Waals surface area (Å²) in [5.41, 5.74) is 1.01. The lowest BCUT2D eigenvalue weighted by Gasteiger charge is -2.12. The largest absolute Gasteiger partial charge is 0.490 e. The summed E-state index contributed by atoms with van der Waals surface area (Å²) in [7, 11) is 0. The van der Waals surface area contributed by atoms with Gasteiger partial charge in [-0.25, -0.2) is 0 Å². The fourth-order valence-corrected chi connectivity index (χ4v) is 2.23. The van der Waals surface area contributed by atoms with Gasteiger partial charge in [0.1, 0.15) is 12.4 Å². The van der Waals surface area contributed by atoms with Crippen LogP contribution in [0.4, 0.5) is 0 Å². The van der Waals surface area contributed by atoms with Crippen molar-refractivity contribution in [3.63, 3.8) is 0 Å². The molecule has 1 saturated heterocycles. The maximum Gasteiger partial charge on any atom is 0.138 e. The zero-order valence-corrected chi connectivity index (χ0v) is 9.73. The summed E-state index contributed by atoms with van der Waals surface area (Å²) in [6.45, 7) is 1.85. The molecular weight excluding hydrogens is 212 g/mol. The number of aromatic nitrogens is 1. The number of benzene rings is 1. The van der Waals surface area contributed by atoms with E-state index in [0.717, 1.165) is 29.8 Å². The third-order valence-corrected chi connectivity index (χ3v) is 3.18. The highest BCUT2D eigenvalue weighted by Crippen LogP contribution is 2.18. The number of fused-ring (bicyclic) bond motifs is 1. The summed E-state index contributed by atoms with van der Waals surface area (Å²) in [6, 6.07) is 10.6. The zero-order chi connectivity index (χ0) is 11.5. The molecule has 0 bridgehead atoms. The minimum atomic E-state index is 0.501. The van der Waals surface area contributed by atoms with Crippen molar-refractivity contribution in [2.75, 3.05) is 13.2 Å². The number of hydrogen-bond donors (Lipinski definition) is 1. The van der Waals surface area contributed by atoms with E-state index in [1.165, 1.54) is 12.8 Å². The number of nitrogens with zero attached hydrogens (tertiary/aromatic N) is 1. The van der Waals surface area contributed by atoms with Crippen LogP contribution in [0.1, 0.15) is 12.8 Å². The third kappa shape index (κ3) is 2.39. The number of pyridine rings is 1. The van der Waals surface area contributed by atoms with Crippen LogP contribution in [0.15, 0.2) is 36.5 Å². The van der Waals surface area contributed by atoms with Crippen LogP contribution in [-0.2, 0) is 0 Å². The Morgan fingerprint density at radius 1 is 1.35 bits per heavy atom. The Hall–Kier alpha value is -1.61. The van der Waals surface area contributed by atoms with Crippen molar-refractivity contribution in [2.45, 2.75) is 18.9 Å². The molecule has 3 nitrogen and oxygen atoms in total. The molecular formula is C14H16N2O. The number of nitrogens with one attached hydrogen (secondary N) is 1. The lowest BCUT2D eigenvalue weighted by atomic mass is 10.2. The van der Waals surface area contributed by atoms with E-state index in [1.54, 1.807) is 6.20 Å². The number of hydrogen-bond acceptors (Lipinski definition) is 3. The highest BCUT2D eigenvalue weighted by Gasteiger charge is 2.14. The maximum atomic E-state index is 5.77. The Morgan fingerprint density at radius 2 is 2.29 bits per heavy atom. The van der Waals surface area contributed by atoms with Gasteiger partial charge in [-0.15, -0.1) is 0 Å². The van der Waals surface area contributed by atoms with E-state index in [-0.39, 0.29) is 0 Å². The van der Waals surface area contributed by atoms with Crippen molar-refractivity contribution < 1.29 is 4.74 Å². The van der Waals surface area contributed by atoms with Gasteiger partial charge < -0.3 is 10.1 Å². The first-order chi connectivity index (χ1) is 8.42. The number of rotatable bonds is 3. The molecule has 1 aromatic heterocycles. The molecule has 1 N–H and O–H groups in total. The van der Waals surface area contributed by atoms with Gasteiger partial charge in [0.15, 0.2) is 0 Å². The second-order valence-electron chi connectivity index (χ2n) is 4.47. The molecule has 1 aliphatic heterocycles. The van der Waals surface area contributed by atoms with Gasteiger partial charge >= 0.3 is 0 Å². The van der Waals surface area contributed by atoms with Crippen LogP contribution in [0, 0.1) is 0 Å². The van der Waals surface area contributed by atoms with E-state index in [9.17, 15) is 0 Å². The van der Waals surface area contributed by atoms with E-state index >= 15 is 0 Å². The first kappa shape index (κ1) is 10.5. The quantitative estimate of drug-likeness (QED) is 0.875. The zero-order valence-electron chi connectivity index (χ0n) is 9.73. The van der Waals surface area contributed by atoms with E-state index in [4.69, 9.17) is 4.74 Å². The summed E-state index contributed by atoms with van der Waals surface area (Å²) in [5.74, 6) is 0.859. The Balaban J connectivity index is 1.72. The summed E-state index contributed by atoms with van der Waals surface area (Å²) < 4.78 is 5.77. The molecule has 0 radical (unpaired) electrons. The van der Waals surface area contributed by atoms with Gasteiger partial charge in [0.05, 0.1) is 11.7 Å². The van der Waals surface area contributed by atoms with Crippen LogP contribution >= 0.6 is 0 Å². The summed E-state index contributed by atoms with van der Waals surface area (Å²) >= 11 is 0. The molecule has 1 atom stereocenters. The molecule has 1 unspecified atom stereocenters. The SMILES string of the molecule is c1ccc2ncc(OCC3CCCN3)cc2c1. The van der Waals surface area contributed by atoms with Crippen molar-refractivity contribution in [2.24, 2.45) is 0 Å². The molecule has 2 aromatic rings. The van der Waals surface area contributed by atoms with E-state index in [0.29, 0.717) is 6.04 Å². The van der Waals surface area contributed by atoms with Gasteiger partial charge in [0, 0.05) is 11.4 Å². The summed E-state index contributed by atoms with van der Waals surface area (Å²) in [4.78, 5) is 4.38. The molecule has 3 heteroatoms. The molecule has 0 spiro atoms. The van der Waals surface area contributed by atoms with Crippen LogP contribution in [0.2, 0.25) is 0 Å². The van der Waals surface area contributed by atoms with Crippen LogP contribution in [-0.4, -0.2) is 24.2 Å². The molecule has 0 aliphatic carbocycles. The second-order valence-corrected chi connectivity index (χ2v) is 4.47. The van der Waals surface area contributed by atoms with Crippen LogP contribution in [0.5, 0.6) is 5.75 Å². The van der Waals surface area contributed by atoms with Gasteiger partial charge in [0.2, 0.25) is 0 Å². The first-order valence-electron chi connectivity index (χ1n) is 6.13. The minimum absolute atomic E-state index is 0.501. The summed E-state index contributed by atoms with van der Waals surface area (Å²) in [5, 5.41) is 4.55. The summed E-state index contributed by atoms with van der Waals surface area (Å²) in [6.07, 6.45) is 4.27. The number of para-hydroxylation sites is 1. The van der Waals surface area contributed by atoms with E-state index < -0.39 is 0 Å². The highest BCUT2D eigenvalue weighted by molar-refractivity contribution is 5.79. The van der Waals surface area contributed by atoms with Gasteiger partial charge in [-0.1, -0.05) is 18.2 Å². The average Bonchev–Trinajstić information content (AvgIpc) is 2.89. The normalized spacial score (nSPS) is 19.6. The smallest absolute Gasteiger partial charge is 0.138 e. The van der Waals surface area contributed by atoms with Crippen molar-refractivity contribution in [1.29, 1.82) is 0 Å². The molecule has 1 aromatic carbocycles. The molecule has 2 heterocycles. The van der Waals surface area contributed by atoms with E-state index in [2.05, 4.69) is 22.4 Å². The third-order valence-electron chi connectivity index (χ3n) is 3.18. The molecule has 0 saturated carbocycles. The molecule has 1 fully saturated rings. The lowest BCUT2D eigenvalue weighted by molar-refractivity contribution is 0.276. The van der Waals surface area contributed by atoms with Crippen molar-refractivity contribution in [1.82, 2.24) is 10.3 Å².